The highest BCUT2D eigenvalue weighted by Crippen LogP contribution is 2.12. The molecule has 1 aromatic carbocycles. The number of nitrogens with two attached hydrogens (primary N) is 1. The summed E-state index contributed by atoms with van der Waals surface area (Å²) in [5.74, 6) is 1.99. The van der Waals surface area contributed by atoms with Crippen LogP contribution in [0.25, 0.3) is 0 Å². The summed E-state index contributed by atoms with van der Waals surface area (Å²) < 4.78 is 0. The van der Waals surface area contributed by atoms with Crippen LogP contribution in [0.2, 0.25) is 0 Å². The molecule has 0 unspecified atom stereocenters. The minimum Gasteiger partial charge on any atom is -0.370 e. The van der Waals surface area contributed by atoms with Crippen LogP contribution in [-0.4, -0.2) is 24.7 Å². The average molecular weight is 235 g/mol. The van der Waals surface area contributed by atoms with Crippen molar-refractivity contribution in [3.05, 3.63) is 35.4 Å². The predicted octanol–water partition coefficient (Wildman–Crippen LogP) is 1.58. The first-order valence-corrected chi connectivity index (χ1v) is 6.65. The van der Waals surface area contributed by atoms with Gasteiger partial charge in [0, 0.05) is 24.4 Å². The maximum absolute atomic E-state index is 5.48. The first kappa shape index (κ1) is 11.5. The van der Waals surface area contributed by atoms with Gasteiger partial charge in [-0.05, 0) is 18.4 Å². The minimum atomic E-state index is 0.933. The van der Waals surface area contributed by atoms with Crippen LogP contribution >= 0.6 is 11.9 Å². The highest BCUT2D eigenvalue weighted by molar-refractivity contribution is 7.97. The van der Waals surface area contributed by atoms with E-state index in [0.29, 0.717) is 0 Å². The fraction of sp³-hybridized carbons (Fsp3) is 0.417. The summed E-state index contributed by atoms with van der Waals surface area (Å²) in [6.07, 6.45) is 2.13. The smallest absolute Gasteiger partial charge is 0.128 e. The first-order chi connectivity index (χ1) is 7.92. The molecule has 0 aromatic heterocycles. The first-order valence-electron chi connectivity index (χ1n) is 5.60. The van der Waals surface area contributed by atoms with E-state index in [4.69, 9.17) is 5.14 Å². The molecule has 0 saturated heterocycles. The van der Waals surface area contributed by atoms with Crippen LogP contribution in [0.15, 0.2) is 29.3 Å². The van der Waals surface area contributed by atoms with Crippen LogP contribution < -0.4 is 10.5 Å². The predicted molar refractivity (Wildman–Crippen MR) is 70.8 cm³/mol. The molecule has 86 valence electrons. The molecule has 1 aliphatic heterocycles. The Balaban J connectivity index is 2.21. The van der Waals surface area contributed by atoms with E-state index < -0.39 is 0 Å². The molecular weight excluding hydrogens is 218 g/mol. The Morgan fingerprint density at radius 3 is 3.00 bits per heavy atom. The molecule has 2 rings (SSSR count). The standard InChI is InChI=1S/C12H17N3S/c13-16-9-6-10-4-1-2-5-11(10)12-14-7-3-8-15-12/h1-2,4-5H,3,6-9,13H2,(H,14,15). The summed E-state index contributed by atoms with van der Waals surface area (Å²) in [6.45, 7) is 1.96. The minimum absolute atomic E-state index is 0.933. The van der Waals surface area contributed by atoms with Gasteiger partial charge in [-0.15, -0.1) is 0 Å². The number of nitrogens with one attached hydrogen (secondary N) is 1. The molecule has 1 aliphatic rings. The van der Waals surface area contributed by atoms with Crippen molar-refractivity contribution in [3.63, 3.8) is 0 Å². The maximum Gasteiger partial charge on any atom is 0.128 e. The van der Waals surface area contributed by atoms with Gasteiger partial charge in [-0.25, -0.2) is 0 Å². The molecule has 0 fully saturated rings. The molecule has 0 atom stereocenters. The Bertz CT molecular complexity index is 376. The summed E-state index contributed by atoms with van der Waals surface area (Å²) in [5, 5.41) is 8.84. The molecular formula is C12H17N3S. The highest BCUT2D eigenvalue weighted by Gasteiger charge is 2.10. The molecule has 16 heavy (non-hydrogen) atoms. The van der Waals surface area contributed by atoms with Crippen molar-refractivity contribution in [1.82, 2.24) is 5.32 Å². The number of rotatable bonds is 4. The van der Waals surface area contributed by atoms with Gasteiger partial charge in [0.15, 0.2) is 0 Å². The van der Waals surface area contributed by atoms with E-state index in [9.17, 15) is 0 Å². The number of aryl methyl sites for hydroxylation is 1. The lowest BCUT2D eigenvalue weighted by Gasteiger charge is -2.17. The molecule has 3 nitrogen and oxygen atoms in total. The van der Waals surface area contributed by atoms with Gasteiger partial charge in [0.1, 0.15) is 5.84 Å². The summed E-state index contributed by atoms with van der Waals surface area (Å²) in [5.41, 5.74) is 2.56. The second kappa shape index (κ2) is 5.92. The number of aliphatic imine (C=N–C) groups is 1. The van der Waals surface area contributed by atoms with Gasteiger partial charge in [0.25, 0.3) is 0 Å². The third kappa shape index (κ3) is 2.77. The van der Waals surface area contributed by atoms with Crippen molar-refractivity contribution in [1.29, 1.82) is 0 Å². The highest BCUT2D eigenvalue weighted by atomic mass is 32.2. The zero-order valence-electron chi connectivity index (χ0n) is 9.28. The van der Waals surface area contributed by atoms with E-state index in [1.165, 1.54) is 23.1 Å². The van der Waals surface area contributed by atoms with E-state index in [-0.39, 0.29) is 0 Å². The molecule has 0 spiro atoms. The van der Waals surface area contributed by atoms with Crippen molar-refractivity contribution >= 4 is 17.8 Å². The maximum atomic E-state index is 5.48. The van der Waals surface area contributed by atoms with Gasteiger partial charge in [0.05, 0.1) is 0 Å². The van der Waals surface area contributed by atoms with Crippen LogP contribution in [0, 0.1) is 0 Å². The number of hydrogen-bond donors (Lipinski definition) is 2. The SMILES string of the molecule is NSCCc1ccccc1C1=NCCCN1. The largest absolute Gasteiger partial charge is 0.370 e. The van der Waals surface area contributed by atoms with E-state index in [2.05, 4.69) is 34.6 Å². The van der Waals surface area contributed by atoms with Gasteiger partial charge in [-0.2, -0.15) is 0 Å². The lowest BCUT2D eigenvalue weighted by molar-refractivity contribution is 0.741. The van der Waals surface area contributed by atoms with Gasteiger partial charge in [-0.1, -0.05) is 36.2 Å². The number of benzene rings is 1. The zero-order chi connectivity index (χ0) is 11.2. The summed E-state index contributed by atoms with van der Waals surface area (Å²) in [7, 11) is 0. The van der Waals surface area contributed by atoms with E-state index in [0.717, 1.165) is 37.5 Å². The van der Waals surface area contributed by atoms with Gasteiger partial charge < -0.3 is 5.32 Å². The van der Waals surface area contributed by atoms with Crippen molar-refractivity contribution in [3.8, 4) is 0 Å². The second-order valence-electron chi connectivity index (χ2n) is 3.79. The topological polar surface area (TPSA) is 50.4 Å². The van der Waals surface area contributed by atoms with Crippen LogP contribution in [0.4, 0.5) is 0 Å². The van der Waals surface area contributed by atoms with Crippen molar-refractivity contribution < 1.29 is 0 Å². The van der Waals surface area contributed by atoms with Gasteiger partial charge in [0.2, 0.25) is 0 Å². The molecule has 4 heteroatoms. The zero-order valence-corrected chi connectivity index (χ0v) is 10.1. The Hall–Kier alpha value is -1.00. The van der Waals surface area contributed by atoms with Gasteiger partial charge >= 0.3 is 0 Å². The molecule has 3 N–H and O–H groups in total. The molecule has 0 aliphatic carbocycles. The third-order valence-corrected chi connectivity index (χ3v) is 3.10. The van der Waals surface area contributed by atoms with Crippen LogP contribution in [0.5, 0.6) is 0 Å². The van der Waals surface area contributed by atoms with Crippen molar-refractivity contribution in [2.45, 2.75) is 12.8 Å². The molecule has 0 saturated carbocycles. The third-order valence-electron chi connectivity index (χ3n) is 2.66. The quantitative estimate of drug-likeness (QED) is 0.779. The number of amidine groups is 1. The van der Waals surface area contributed by atoms with Crippen LogP contribution in [0.1, 0.15) is 17.5 Å². The summed E-state index contributed by atoms with van der Waals surface area (Å²) in [6, 6.07) is 8.43. The van der Waals surface area contributed by atoms with Crippen molar-refractivity contribution in [2.24, 2.45) is 10.1 Å². The van der Waals surface area contributed by atoms with E-state index in [1.54, 1.807) is 0 Å². The lowest BCUT2D eigenvalue weighted by Crippen LogP contribution is -2.31. The molecule has 1 heterocycles. The van der Waals surface area contributed by atoms with Gasteiger partial charge in [-0.3, -0.25) is 10.1 Å². The normalized spacial score (nSPS) is 15.4. The molecule has 1 aromatic rings. The fourth-order valence-electron chi connectivity index (χ4n) is 1.85. The Labute approximate surface area is 101 Å². The Morgan fingerprint density at radius 2 is 2.25 bits per heavy atom. The van der Waals surface area contributed by atoms with Crippen LogP contribution in [-0.2, 0) is 6.42 Å². The van der Waals surface area contributed by atoms with E-state index in [1.807, 2.05) is 0 Å². The van der Waals surface area contributed by atoms with E-state index >= 15 is 0 Å². The second-order valence-corrected chi connectivity index (χ2v) is 4.53. The molecule has 0 bridgehead atoms. The summed E-state index contributed by atoms with van der Waals surface area (Å²) >= 11 is 1.39. The number of hydrogen-bond acceptors (Lipinski definition) is 4. The Morgan fingerprint density at radius 1 is 1.38 bits per heavy atom. The Kier molecular flexibility index (Phi) is 4.25. The average Bonchev–Trinajstić information content (AvgIpc) is 2.38. The number of nitrogens with zero attached hydrogens (tertiary/aromatic N) is 1. The fourth-order valence-corrected chi connectivity index (χ4v) is 2.19. The lowest BCUT2D eigenvalue weighted by atomic mass is 10.0. The summed E-state index contributed by atoms with van der Waals surface area (Å²) in [4.78, 5) is 4.54. The van der Waals surface area contributed by atoms with Crippen molar-refractivity contribution in [2.75, 3.05) is 18.8 Å². The molecule has 0 radical (unpaired) electrons. The van der Waals surface area contributed by atoms with Crippen LogP contribution in [0.3, 0.4) is 0 Å². The molecule has 0 amide bonds. The monoisotopic (exact) mass is 235 g/mol.